The molecule has 0 saturated carbocycles. The van der Waals surface area contributed by atoms with Gasteiger partial charge in [-0.05, 0) is 20.4 Å². The normalized spacial score (nSPS) is 27.8. The predicted molar refractivity (Wildman–Crippen MR) is 66.1 cm³/mol. The standard InChI is InChI=1S/C12H16F4N4/c1-11(13)3-4-20(2)9(11)7-19-10-17-5-8(6-18-10)12(14,15)16/h5-6,9H,3-4,7H2,1-2H3,(H,17,18,19). The highest BCUT2D eigenvalue weighted by molar-refractivity contribution is 5.26. The van der Waals surface area contributed by atoms with Crippen molar-refractivity contribution in [2.75, 3.05) is 25.5 Å². The van der Waals surface area contributed by atoms with Crippen LogP contribution in [0.3, 0.4) is 0 Å². The minimum Gasteiger partial charge on any atom is -0.353 e. The number of likely N-dealkylation sites (N-methyl/N-ethyl adjacent to an activating group) is 1. The molecule has 112 valence electrons. The number of anilines is 1. The average molecular weight is 292 g/mol. The first kappa shape index (κ1) is 15.0. The second kappa shape index (κ2) is 5.16. The molecule has 0 bridgehead atoms. The van der Waals surface area contributed by atoms with Crippen LogP contribution in [0.5, 0.6) is 0 Å². The van der Waals surface area contributed by atoms with E-state index in [1.54, 1.807) is 0 Å². The van der Waals surface area contributed by atoms with E-state index in [1.807, 2.05) is 11.9 Å². The van der Waals surface area contributed by atoms with E-state index in [-0.39, 0.29) is 18.5 Å². The molecule has 1 aliphatic heterocycles. The lowest BCUT2D eigenvalue weighted by Gasteiger charge is -2.27. The smallest absolute Gasteiger partial charge is 0.353 e. The molecule has 0 spiro atoms. The van der Waals surface area contributed by atoms with Crippen molar-refractivity contribution >= 4 is 5.95 Å². The summed E-state index contributed by atoms with van der Waals surface area (Å²) in [4.78, 5) is 9.06. The number of halogens is 4. The minimum absolute atomic E-state index is 0.0640. The van der Waals surface area contributed by atoms with Crippen molar-refractivity contribution in [2.45, 2.75) is 31.2 Å². The Kier molecular flexibility index (Phi) is 3.86. The molecule has 0 aromatic carbocycles. The van der Waals surface area contributed by atoms with Crippen LogP contribution in [-0.4, -0.2) is 46.7 Å². The third kappa shape index (κ3) is 3.17. The summed E-state index contributed by atoms with van der Waals surface area (Å²) in [5.41, 5.74) is -2.23. The Balaban J connectivity index is 1.98. The van der Waals surface area contributed by atoms with E-state index in [0.29, 0.717) is 25.4 Å². The minimum atomic E-state index is -4.46. The van der Waals surface area contributed by atoms with E-state index in [2.05, 4.69) is 15.3 Å². The molecule has 4 nitrogen and oxygen atoms in total. The maximum atomic E-state index is 14.2. The molecule has 2 atom stereocenters. The van der Waals surface area contributed by atoms with E-state index < -0.39 is 17.4 Å². The van der Waals surface area contributed by atoms with Gasteiger partial charge in [-0.2, -0.15) is 13.2 Å². The second-order valence-corrected chi connectivity index (χ2v) is 5.20. The van der Waals surface area contributed by atoms with Crippen molar-refractivity contribution in [3.05, 3.63) is 18.0 Å². The SMILES string of the molecule is CN1CCC(C)(F)C1CNc1ncc(C(F)(F)F)cn1. The third-order valence-electron chi connectivity index (χ3n) is 3.61. The van der Waals surface area contributed by atoms with Gasteiger partial charge in [0.1, 0.15) is 5.67 Å². The van der Waals surface area contributed by atoms with Crippen molar-refractivity contribution in [2.24, 2.45) is 0 Å². The Morgan fingerprint density at radius 2 is 2.00 bits per heavy atom. The summed E-state index contributed by atoms with van der Waals surface area (Å²) < 4.78 is 51.2. The monoisotopic (exact) mass is 292 g/mol. The predicted octanol–water partition coefficient (Wildman–Crippen LogP) is 2.34. The van der Waals surface area contributed by atoms with Crippen LogP contribution in [-0.2, 0) is 6.18 Å². The molecular weight excluding hydrogens is 276 g/mol. The summed E-state index contributed by atoms with van der Waals surface area (Å²) in [5.74, 6) is 0.0640. The van der Waals surface area contributed by atoms with Crippen LogP contribution in [0.1, 0.15) is 18.9 Å². The molecule has 0 aliphatic carbocycles. The lowest BCUT2D eigenvalue weighted by molar-refractivity contribution is -0.138. The molecule has 8 heteroatoms. The summed E-state index contributed by atoms with van der Waals surface area (Å²) in [6.45, 7) is 2.42. The summed E-state index contributed by atoms with van der Waals surface area (Å²) in [5, 5.41) is 2.78. The zero-order chi connectivity index (χ0) is 15.0. The molecule has 20 heavy (non-hydrogen) atoms. The molecule has 1 N–H and O–H groups in total. The first-order valence-corrected chi connectivity index (χ1v) is 6.22. The van der Waals surface area contributed by atoms with E-state index in [9.17, 15) is 17.6 Å². The van der Waals surface area contributed by atoms with Gasteiger partial charge in [-0.3, -0.25) is 4.90 Å². The van der Waals surface area contributed by atoms with Gasteiger partial charge in [0.2, 0.25) is 5.95 Å². The number of nitrogens with zero attached hydrogens (tertiary/aromatic N) is 3. The number of aromatic nitrogens is 2. The first-order chi connectivity index (χ1) is 9.20. The van der Waals surface area contributed by atoms with Crippen LogP contribution in [0.2, 0.25) is 0 Å². The number of alkyl halides is 4. The van der Waals surface area contributed by atoms with Crippen LogP contribution in [0.4, 0.5) is 23.5 Å². The lowest BCUT2D eigenvalue weighted by atomic mass is 9.99. The van der Waals surface area contributed by atoms with Gasteiger partial charge in [0.25, 0.3) is 0 Å². The van der Waals surface area contributed by atoms with Crippen molar-refractivity contribution in [3.8, 4) is 0 Å². The van der Waals surface area contributed by atoms with Gasteiger partial charge in [-0.25, -0.2) is 14.4 Å². The molecule has 1 aromatic rings. The fraction of sp³-hybridized carbons (Fsp3) is 0.667. The van der Waals surface area contributed by atoms with Crippen molar-refractivity contribution in [3.63, 3.8) is 0 Å². The Bertz CT molecular complexity index is 458. The maximum Gasteiger partial charge on any atom is 0.419 e. The number of rotatable bonds is 3. The summed E-state index contributed by atoms with van der Waals surface area (Å²) in [6, 6.07) is -0.353. The zero-order valence-electron chi connectivity index (χ0n) is 11.2. The highest BCUT2D eigenvalue weighted by atomic mass is 19.4. The summed E-state index contributed by atoms with van der Waals surface area (Å²) in [6.07, 6.45) is -2.60. The molecule has 2 heterocycles. The number of nitrogens with one attached hydrogen (secondary N) is 1. The van der Waals surface area contributed by atoms with Gasteiger partial charge >= 0.3 is 6.18 Å². The van der Waals surface area contributed by atoms with Gasteiger partial charge in [0.05, 0.1) is 11.6 Å². The summed E-state index contributed by atoms with van der Waals surface area (Å²) >= 11 is 0. The van der Waals surface area contributed by atoms with Crippen LogP contribution in [0.25, 0.3) is 0 Å². The topological polar surface area (TPSA) is 41.0 Å². The van der Waals surface area contributed by atoms with Gasteiger partial charge in [-0.1, -0.05) is 0 Å². The molecule has 2 rings (SSSR count). The van der Waals surface area contributed by atoms with E-state index in [1.165, 1.54) is 6.92 Å². The number of hydrogen-bond donors (Lipinski definition) is 1. The van der Waals surface area contributed by atoms with E-state index >= 15 is 0 Å². The quantitative estimate of drug-likeness (QED) is 0.868. The summed E-state index contributed by atoms with van der Waals surface area (Å²) in [7, 11) is 1.81. The highest BCUT2D eigenvalue weighted by Gasteiger charge is 2.42. The molecule has 1 saturated heterocycles. The Morgan fingerprint density at radius 1 is 1.40 bits per heavy atom. The third-order valence-corrected chi connectivity index (χ3v) is 3.61. The Morgan fingerprint density at radius 3 is 2.45 bits per heavy atom. The van der Waals surface area contributed by atoms with E-state index in [0.717, 1.165) is 0 Å². The van der Waals surface area contributed by atoms with Crippen molar-refractivity contribution in [1.29, 1.82) is 0 Å². The van der Waals surface area contributed by atoms with Gasteiger partial charge in [0.15, 0.2) is 0 Å². The lowest BCUT2D eigenvalue weighted by Crippen LogP contribution is -2.43. The van der Waals surface area contributed by atoms with Crippen LogP contribution in [0, 0.1) is 0 Å². The fourth-order valence-corrected chi connectivity index (χ4v) is 2.30. The Labute approximate surface area is 114 Å². The van der Waals surface area contributed by atoms with E-state index in [4.69, 9.17) is 0 Å². The van der Waals surface area contributed by atoms with Gasteiger partial charge in [0, 0.05) is 25.5 Å². The fourth-order valence-electron chi connectivity index (χ4n) is 2.30. The highest BCUT2D eigenvalue weighted by Crippen LogP contribution is 2.31. The average Bonchev–Trinajstić information content (AvgIpc) is 2.61. The molecule has 2 unspecified atom stereocenters. The van der Waals surface area contributed by atoms with Crippen LogP contribution in [0.15, 0.2) is 12.4 Å². The molecule has 0 radical (unpaired) electrons. The van der Waals surface area contributed by atoms with Crippen molar-refractivity contribution < 1.29 is 17.6 Å². The second-order valence-electron chi connectivity index (χ2n) is 5.20. The number of likely N-dealkylation sites (tertiary alicyclic amines) is 1. The van der Waals surface area contributed by atoms with Gasteiger partial charge < -0.3 is 5.32 Å². The molecular formula is C12H16F4N4. The molecule has 1 aromatic heterocycles. The van der Waals surface area contributed by atoms with Gasteiger partial charge in [-0.15, -0.1) is 0 Å². The Hall–Kier alpha value is -1.44. The molecule has 1 aliphatic rings. The maximum absolute atomic E-state index is 14.2. The molecule has 0 amide bonds. The largest absolute Gasteiger partial charge is 0.419 e. The first-order valence-electron chi connectivity index (χ1n) is 6.22. The van der Waals surface area contributed by atoms with Crippen LogP contribution >= 0.6 is 0 Å². The zero-order valence-corrected chi connectivity index (χ0v) is 11.2. The molecule has 1 fully saturated rings. The number of hydrogen-bond acceptors (Lipinski definition) is 4. The van der Waals surface area contributed by atoms with Crippen molar-refractivity contribution in [1.82, 2.24) is 14.9 Å². The van der Waals surface area contributed by atoms with Crippen LogP contribution < -0.4 is 5.32 Å².